The van der Waals surface area contributed by atoms with Crippen molar-refractivity contribution in [1.82, 2.24) is 14.9 Å². The van der Waals surface area contributed by atoms with E-state index in [0.29, 0.717) is 34.8 Å². The number of nitrogens with zero attached hydrogens (tertiary/aromatic N) is 4. The lowest BCUT2D eigenvalue weighted by Gasteiger charge is -2.41. The fraction of sp³-hybridized carbons (Fsp3) is 0.542. The average Bonchev–Trinajstić information content (AvgIpc) is 3.41. The zero-order chi connectivity index (χ0) is 25.0. The van der Waals surface area contributed by atoms with Crippen molar-refractivity contribution in [3.05, 3.63) is 28.4 Å². The van der Waals surface area contributed by atoms with Crippen LogP contribution in [-0.4, -0.2) is 79.6 Å². The highest BCUT2D eigenvalue weighted by Crippen LogP contribution is 2.41. The zero-order valence-electron chi connectivity index (χ0n) is 20.4. The second-order valence-corrected chi connectivity index (χ2v) is 10.4. The number of H-pyrrole nitrogens is 1. The number of amidine groups is 1. The van der Waals surface area contributed by atoms with Gasteiger partial charge in [-0.05, 0) is 45.5 Å². The number of ether oxygens (including phenoxy) is 3. The van der Waals surface area contributed by atoms with Crippen molar-refractivity contribution in [3.8, 4) is 6.01 Å². The number of nitrogens with two attached hydrogens (primary N) is 1. The molecule has 0 bridgehead atoms. The molecule has 0 radical (unpaired) electrons. The fourth-order valence-corrected chi connectivity index (χ4v) is 5.61. The largest absolute Gasteiger partial charge is 0.462 e. The number of benzene rings is 1. The molecule has 2 aliphatic heterocycles. The predicted molar refractivity (Wildman–Crippen MR) is 142 cm³/mol. The molecular formula is C24H33ClN6O3S. The van der Waals surface area contributed by atoms with Gasteiger partial charge in [0.25, 0.3) is 6.01 Å². The minimum Gasteiger partial charge on any atom is -0.462 e. The number of aromatic nitrogens is 2. The van der Waals surface area contributed by atoms with Gasteiger partial charge in [-0.2, -0.15) is 4.98 Å². The summed E-state index contributed by atoms with van der Waals surface area (Å²) in [6.45, 7) is 11.2. The second kappa shape index (κ2) is 11.3. The smallest absolute Gasteiger partial charge is 0.294 e. The predicted octanol–water partition coefficient (Wildman–Crippen LogP) is 4.08. The summed E-state index contributed by atoms with van der Waals surface area (Å²) in [5.41, 5.74) is 7.96. The first-order valence-electron chi connectivity index (χ1n) is 11.7. The normalized spacial score (nSPS) is 22.8. The molecule has 11 heteroatoms. The summed E-state index contributed by atoms with van der Waals surface area (Å²) >= 11 is 8.05. The maximum absolute atomic E-state index is 6.66. The first-order chi connectivity index (χ1) is 16.9. The zero-order valence-corrected chi connectivity index (χ0v) is 22.0. The highest BCUT2D eigenvalue weighted by molar-refractivity contribution is 8.03. The quantitative estimate of drug-likeness (QED) is 0.233. The van der Waals surface area contributed by atoms with Gasteiger partial charge < -0.3 is 29.8 Å². The molecule has 0 amide bonds. The maximum atomic E-state index is 6.66. The van der Waals surface area contributed by atoms with Gasteiger partial charge in [0.15, 0.2) is 0 Å². The Hall–Kier alpha value is -2.11. The highest BCUT2D eigenvalue weighted by atomic mass is 35.5. The van der Waals surface area contributed by atoms with Crippen molar-refractivity contribution < 1.29 is 14.2 Å². The summed E-state index contributed by atoms with van der Waals surface area (Å²) in [5.74, 6) is 0.940. The van der Waals surface area contributed by atoms with Crippen LogP contribution in [0.1, 0.15) is 26.7 Å². The molecule has 9 nitrogen and oxygen atoms in total. The lowest BCUT2D eigenvalue weighted by Crippen LogP contribution is -2.51. The number of nitrogens with one attached hydrogen (secondary N) is 1. The molecule has 0 aliphatic carbocycles. The minimum absolute atomic E-state index is 0.0898. The first kappa shape index (κ1) is 26.0. The van der Waals surface area contributed by atoms with Crippen molar-refractivity contribution >= 4 is 46.9 Å². The number of thioether (sulfide) groups is 1. The van der Waals surface area contributed by atoms with Gasteiger partial charge in [0.2, 0.25) is 0 Å². The van der Waals surface area contributed by atoms with Crippen LogP contribution in [-0.2, 0) is 9.47 Å². The molecule has 0 unspecified atom stereocenters. The van der Waals surface area contributed by atoms with Crippen LogP contribution >= 0.6 is 23.4 Å². The number of fused-ring (bicyclic) bond motifs is 1. The van der Waals surface area contributed by atoms with E-state index in [1.807, 2.05) is 19.1 Å². The number of hydrogen-bond acceptors (Lipinski definition) is 8. The molecule has 3 N–H and O–H groups in total. The Balaban J connectivity index is 1.41. The van der Waals surface area contributed by atoms with Gasteiger partial charge in [-0.15, -0.1) is 0 Å². The maximum Gasteiger partial charge on any atom is 0.294 e. The van der Waals surface area contributed by atoms with Gasteiger partial charge in [0.1, 0.15) is 17.5 Å². The van der Waals surface area contributed by atoms with Crippen LogP contribution in [0.25, 0.3) is 11.0 Å². The van der Waals surface area contributed by atoms with Gasteiger partial charge in [0.05, 0.1) is 41.6 Å². The van der Waals surface area contributed by atoms with E-state index < -0.39 is 0 Å². The number of halogens is 1. The van der Waals surface area contributed by atoms with Crippen molar-refractivity contribution in [2.75, 3.05) is 40.0 Å². The first-order valence-corrected chi connectivity index (χ1v) is 12.9. The minimum atomic E-state index is 0.0898. The number of aromatic amines is 1. The van der Waals surface area contributed by atoms with E-state index in [9.17, 15) is 0 Å². The van der Waals surface area contributed by atoms with Crippen molar-refractivity contribution in [2.24, 2.45) is 21.1 Å². The van der Waals surface area contributed by atoms with Crippen LogP contribution in [0.2, 0.25) is 5.02 Å². The molecule has 1 spiro atoms. The number of piperidine rings is 1. The third-order valence-electron chi connectivity index (χ3n) is 6.86. The topological polar surface area (TPSA) is 110 Å². The summed E-state index contributed by atoms with van der Waals surface area (Å²) in [5, 5.41) is 1.19. The Bertz CT molecular complexity index is 1110. The molecule has 2 fully saturated rings. The van der Waals surface area contributed by atoms with Crippen molar-refractivity contribution in [3.63, 3.8) is 0 Å². The fourth-order valence-electron chi connectivity index (χ4n) is 4.56. The van der Waals surface area contributed by atoms with Gasteiger partial charge in [0, 0.05) is 36.6 Å². The summed E-state index contributed by atoms with van der Waals surface area (Å²) in [4.78, 5) is 19.5. The molecule has 1 aromatic carbocycles. The number of aliphatic imine (C=N–C) groups is 2. The van der Waals surface area contributed by atoms with E-state index in [4.69, 9.17) is 31.5 Å². The Morgan fingerprint density at radius 2 is 2.20 bits per heavy atom. The third kappa shape index (κ3) is 5.67. The Morgan fingerprint density at radius 1 is 1.43 bits per heavy atom. The molecule has 2 aliphatic rings. The number of imidazole rings is 1. The van der Waals surface area contributed by atoms with Crippen LogP contribution in [0, 0.1) is 5.41 Å². The van der Waals surface area contributed by atoms with E-state index in [-0.39, 0.29) is 17.6 Å². The van der Waals surface area contributed by atoms with Crippen LogP contribution in [0.5, 0.6) is 6.01 Å². The molecule has 4 rings (SSSR count). The van der Waals surface area contributed by atoms with Gasteiger partial charge in [-0.1, -0.05) is 23.4 Å². The van der Waals surface area contributed by atoms with E-state index in [0.717, 1.165) is 48.8 Å². The number of hydrogen-bond donors (Lipinski definition) is 2. The molecule has 1 aromatic heterocycles. The standard InChI is InChI=1S/C24H33ClN6O3S/c1-15-22(26)24(14-34-15)7-9-31(10-8-24)16(2)28-13-19(27-3)35-18-6-5-17-21(20(18)25)30-23(29-17)33-12-11-32-4/h5-6,13,15,22H,3,7-12,14,26H2,1-2,4H3,(H,29,30)/b19-13+,28-16+/t15-,22+/m0/s1. The molecule has 2 saturated heterocycles. The molecule has 35 heavy (non-hydrogen) atoms. The van der Waals surface area contributed by atoms with Crippen molar-refractivity contribution in [1.29, 1.82) is 0 Å². The van der Waals surface area contributed by atoms with Gasteiger partial charge >= 0.3 is 0 Å². The second-order valence-electron chi connectivity index (χ2n) is 8.95. The lowest BCUT2D eigenvalue weighted by atomic mass is 9.73. The van der Waals surface area contributed by atoms with Crippen LogP contribution in [0.3, 0.4) is 0 Å². The van der Waals surface area contributed by atoms with Crippen molar-refractivity contribution in [2.45, 2.75) is 43.7 Å². The highest BCUT2D eigenvalue weighted by Gasteiger charge is 2.47. The number of likely N-dealkylation sites (tertiary alicyclic amines) is 1. The molecule has 2 aromatic rings. The summed E-state index contributed by atoms with van der Waals surface area (Å²) in [7, 11) is 1.62. The third-order valence-corrected chi connectivity index (χ3v) is 8.37. The Morgan fingerprint density at radius 3 is 2.86 bits per heavy atom. The van der Waals surface area contributed by atoms with E-state index in [1.165, 1.54) is 11.8 Å². The Labute approximate surface area is 215 Å². The van der Waals surface area contributed by atoms with Gasteiger partial charge in [-0.25, -0.2) is 4.99 Å². The molecule has 3 heterocycles. The average molecular weight is 521 g/mol. The summed E-state index contributed by atoms with van der Waals surface area (Å²) in [6.07, 6.45) is 3.87. The SMILES string of the molecule is C=N/C(=C\N=C(/C)N1CCC2(CC1)CO[C@@H](C)[C@H]2N)Sc1ccc2nc(OCCOC)[nH]c2c1Cl. The summed E-state index contributed by atoms with van der Waals surface area (Å²) < 4.78 is 16.4. The monoisotopic (exact) mass is 520 g/mol. The number of methoxy groups -OCH3 is 1. The van der Waals surface area contributed by atoms with E-state index >= 15 is 0 Å². The Kier molecular flexibility index (Phi) is 8.38. The van der Waals surface area contributed by atoms with Gasteiger partial charge in [-0.3, -0.25) is 4.99 Å². The van der Waals surface area contributed by atoms with Crippen LogP contribution in [0.4, 0.5) is 0 Å². The van der Waals surface area contributed by atoms with Crippen LogP contribution in [0.15, 0.2) is 38.2 Å². The molecule has 190 valence electrons. The van der Waals surface area contributed by atoms with E-state index in [2.05, 4.69) is 38.5 Å². The van der Waals surface area contributed by atoms with E-state index in [1.54, 1.807) is 13.3 Å². The molecular weight excluding hydrogens is 488 g/mol. The molecule has 2 atom stereocenters. The number of rotatable bonds is 8. The lowest BCUT2D eigenvalue weighted by molar-refractivity contribution is 0.0838. The van der Waals surface area contributed by atoms with Crippen LogP contribution < -0.4 is 10.5 Å². The molecule has 0 saturated carbocycles. The summed E-state index contributed by atoms with van der Waals surface area (Å²) in [6, 6.07) is 4.30.